The third-order valence-electron chi connectivity index (χ3n) is 3.49. The molecular weight excluding hydrogens is 374 g/mol. The molecule has 26 heavy (non-hydrogen) atoms. The van der Waals surface area contributed by atoms with Gasteiger partial charge in [-0.25, -0.2) is 0 Å². The number of amides is 1. The van der Waals surface area contributed by atoms with Crippen molar-refractivity contribution >= 4 is 27.4 Å². The van der Waals surface area contributed by atoms with Crippen molar-refractivity contribution in [1.82, 2.24) is 4.90 Å². The number of furan rings is 1. The summed E-state index contributed by atoms with van der Waals surface area (Å²) in [5.74, 6) is 0.832. The van der Waals surface area contributed by atoms with Crippen molar-refractivity contribution in [2.45, 2.75) is 13.1 Å². The Kier molecular flexibility index (Phi) is 5.43. The second-order valence-electron chi connectivity index (χ2n) is 5.65. The number of benzene rings is 1. The van der Waals surface area contributed by atoms with Crippen LogP contribution in [0.15, 0.2) is 64.6 Å². The number of nitrogens with zero attached hydrogens (tertiary/aromatic N) is 1. The summed E-state index contributed by atoms with van der Waals surface area (Å²) in [7, 11) is -3.57. The molecule has 0 N–H and O–H groups in total. The molecule has 2 heterocycles. The van der Waals surface area contributed by atoms with Gasteiger partial charge in [0.1, 0.15) is 11.5 Å². The van der Waals surface area contributed by atoms with E-state index in [0.717, 1.165) is 11.8 Å². The van der Waals surface area contributed by atoms with Gasteiger partial charge in [-0.15, -0.1) is 11.3 Å². The molecule has 8 heteroatoms. The van der Waals surface area contributed by atoms with E-state index in [1.165, 1.54) is 11.3 Å². The lowest BCUT2D eigenvalue weighted by atomic mass is 10.2. The average molecular weight is 391 g/mol. The molecule has 6 nitrogen and oxygen atoms in total. The Bertz CT molecular complexity index is 946. The van der Waals surface area contributed by atoms with Gasteiger partial charge in [-0.3, -0.25) is 4.79 Å². The van der Waals surface area contributed by atoms with E-state index >= 15 is 0 Å². The van der Waals surface area contributed by atoms with E-state index in [-0.39, 0.29) is 11.7 Å². The Labute approximate surface area is 155 Å². The van der Waals surface area contributed by atoms with Gasteiger partial charge in [0.25, 0.3) is 5.91 Å². The van der Waals surface area contributed by atoms with Crippen LogP contribution in [0, 0.1) is 0 Å². The minimum absolute atomic E-state index is 0.0899. The summed E-state index contributed by atoms with van der Waals surface area (Å²) < 4.78 is 32.6. The van der Waals surface area contributed by atoms with E-state index in [1.807, 2.05) is 17.5 Å². The first kappa shape index (κ1) is 18.2. The van der Waals surface area contributed by atoms with Gasteiger partial charge in [0, 0.05) is 6.54 Å². The number of hydrogen-bond donors (Lipinski definition) is 0. The molecule has 1 amide bonds. The van der Waals surface area contributed by atoms with Crippen LogP contribution in [0.5, 0.6) is 5.75 Å². The molecule has 0 radical (unpaired) electrons. The van der Waals surface area contributed by atoms with Crippen LogP contribution >= 0.6 is 11.3 Å². The predicted octanol–water partition coefficient (Wildman–Crippen LogP) is 3.52. The lowest BCUT2D eigenvalue weighted by Gasteiger charge is -2.21. The van der Waals surface area contributed by atoms with Crippen molar-refractivity contribution in [1.29, 1.82) is 0 Å². The minimum Gasteiger partial charge on any atom is -0.467 e. The zero-order valence-corrected chi connectivity index (χ0v) is 15.6. The highest BCUT2D eigenvalue weighted by molar-refractivity contribution is 7.86. The third kappa shape index (κ3) is 4.96. The highest BCUT2D eigenvalue weighted by Crippen LogP contribution is 2.20. The summed E-state index contributed by atoms with van der Waals surface area (Å²) in [5.41, 5.74) is 0.849. The molecule has 0 spiro atoms. The smallest absolute Gasteiger partial charge is 0.306 e. The highest BCUT2D eigenvalue weighted by atomic mass is 32.2. The maximum atomic E-state index is 12.8. The maximum Gasteiger partial charge on any atom is 0.306 e. The van der Waals surface area contributed by atoms with Crippen molar-refractivity contribution in [2.24, 2.45) is 0 Å². The Morgan fingerprint density at radius 1 is 1.12 bits per heavy atom. The third-order valence-corrected chi connectivity index (χ3v) is 4.84. The van der Waals surface area contributed by atoms with E-state index in [0.29, 0.717) is 23.7 Å². The van der Waals surface area contributed by atoms with Gasteiger partial charge in [-0.05, 0) is 41.3 Å². The number of rotatable bonds is 7. The molecule has 0 aliphatic carbocycles. The summed E-state index contributed by atoms with van der Waals surface area (Å²) in [6.07, 6.45) is 2.56. The van der Waals surface area contributed by atoms with Crippen LogP contribution in [-0.2, 0) is 23.2 Å². The Hall–Kier alpha value is -2.58. The molecular formula is C18H17NO5S2. The number of hydrogen-bond acceptors (Lipinski definition) is 6. The molecule has 0 bridgehead atoms. The lowest BCUT2D eigenvalue weighted by molar-refractivity contribution is 0.0722. The molecule has 0 unspecified atom stereocenters. The molecule has 0 saturated heterocycles. The van der Waals surface area contributed by atoms with Crippen LogP contribution in [-0.4, -0.2) is 25.5 Å². The minimum atomic E-state index is -3.57. The van der Waals surface area contributed by atoms with E-state index < -0.39 is 10.1 Å². The van der Waals surface area contributed by atoms with Gasteiger partial charge in [-0.2, -0.15) is 8.42 Å². The normalized spacial score (nSPS) is 11.3. The number of thiophene rings is 1. The molecule has 0 aliphatic heterocycles. The van der Waals surface area contributed by atoms with E-state index in [9.17, 15) is 13.2 Å². The van der Waals surface area contributed by atoms with E-state index in [2.05, 4.69) is 0 Å². The summed E-state index contributed by atoms with van der Waals surface area (Å²) in [6.45, 7) is 0.696. The molecule has 1 aromatic carbocycles. The van der Waals surface area contributed by atoms with Crippen molar-refractivity contribution < 1.29 is 21.8 Å². The van der Waals surface area contributed by atoms with Crippen LogP contribution in [0.1, 0.15) is 21.0 Å². The zero-order valence-electron chi connectivity index (χ0n) is 14.0. The molecule has 136 valence electrons. The standard InChI is InChI=1S/C18H17NO5S2/c1-26(21,22)24-15-8-6-14(7-9-15)12-19(13-16-4-2-10-23-16)18(20)17-5-3-11-25-17/h2-11H,12-13H2,1H3. The van der Waals surface area contributed by atoms with Crippen molar-refractivity contribution in [3.63, 3.8) is 0 Å². The Balaban J connectivity index is 1.77. The quantitative estimate of drug-likeness (QED) is 0.576. The molecule has 2 aromatic heterocycles. The van der Waals surface area contributed by atoms with Crippen LogP contribution < -0.4 is 4.18 Å². The van der Waals surface area contributed by atoms with Crippen LogP contribution in [0.4, 0.5) is 0 Å². The van der Waals surface area contributed by atoms with Gasteiger partial charge < -0.3 is 13.5 Å². The first-order valence-electron chi connectivity index (χ1n) is 7.74. The maximum absolute atomic E-state index is 12.8. The summed E-state index contributed by atoms with van der Waals surface area (Å²) in [4.78, 5) is 15.1. The lowest BCUT2D eigenvalue weighted by Crippen LogP contribution is -2.29. The predicted molar refractivity (Wildman–Crippen MR) is 98.5 cm³/mol. The van der Waals surface area contributed by atoms with E-state index in [1.54, 1.807) is 47.6 Å². The number of carbonyl (C=O) groups excluding carboxylic acids is 1. The fourth-order valence-electron chi connectivity index (χ4n) is 2.39. The van der Waals surface area contributed by atoms with Gasteiger partial charge in [0.15, 0.2) is 0 Å². The van der Waals surface area contributed by atoms with Crippen molar-refractivity contribution in [3.8, 4) is 5.75 Å². The molecule has 0 aliphatic rings. The first-order valence-corrected chi connectivity index (χ1v) is 10.4. The molecule has 0 atom stereocenters. The molecule has 3 aromatic rings. The summed E-state index contributed by atoms with van der Waals surface area (Å²) in [5, 5.41) is 1.86. The molecule has 3 rings (SSSR count). The Morgan fingerprint density at radius 3 is 2.46 bits per heavy atom. The van der Waals surface area contributed by atoms with Gasteiger partial charge in [0.05, 0.1) is 23.9 Å². The van der Waals surface area contributed by atoms with Crippen LogP contribution in [0.25, 0.3) is 0 Å². The second kappa shape index (κ2) is 7.76. The van der Waals surface area contributed by atoms with E-state index in [4.69, 9.17) is 8.60 Å². The molecule has 0 saturated carbocycles. The molecule has 0 fully saturated rings. The zero-order chi connectivity index (χ0) is 18.6. The first-order chi connectivity index (χ1) is 12.4. The van der Waals surface area contributed by atoms with Crippen molar-refractivity contribution in [2.75, 3.05) is 6.26 Å². The van der Waals surface area contributed by atoms with Crippen molar-refractivity contribution in [3.05, 3.63) is 76.4 Å². The average Bonchev–Trinajstić information content (AvgIpc) is 3.27. The SMILES string of the molecule is CS(=O)(=O)Oc1ccc(CN(Cc2ccco2)C(=O)c2cccs2)cc1. The van der Waals surface area contributed by atoms with Crippen LogP contribution in [0.3, 0.4) is 0 Å². The summed E-state index contributed by atoms with van der Waals surface area (Å²) in [6, 6.07) is 13.8. The summed E-state index contributed by atoms with van der Waals surface area (Å²) >= 11 is 1.38. The highest BCUT2D eigenvalue weighted by Gasteiger charge is 2.19. The van der Waals surface area contributed by atoms with Gasteiger partial charge >= 0.3 is 10.1 Å². The fourth-order valence-corrected chi connectivity index (χ4v) is 3.54. The van der Waals surface area contributed by atoms with Gasteiger partial charge in [-0.1, -0.05) is 18.2 Å². The topological polar surface area (TPSA) is 76.8 Å². The number of carbonyl (C=O) groups is 1. The Morgan fingerprint density at radius 2 is 1.88 bits per heavy atom. The largest absolute Gasteiger partial charge is 0.467 e. The fraction of sp³-hybridized carbons (Fsp3) is 0.167. The van der Waals surface area contributed by atoms with Gasteiger partial charge in [0.2, 0.25) is 0 Å². The monoisotopic (exact) mass is 391 g/mol. The van der Waals surface area contributed by atoms with Crippen LogP contribution in [0.2, 0.25) is 0 Å². The second-order valence-corrected chi connectivity index (χ2v) is 8.17.